The molecule has 122 valence electrons. The predicted octanol–water partition coefficient (Wildman–Crippen LogP) is 3.51. The molecule has 1 aromatic carbocycles. The Morgan fingerprint density at radius 2 is 1.74 bits per heavy atom. The van der Waals surface area contributed by atoms with Crippen molar-refractivity contribution in [2.24, 2.45) is 5.92 Å². The molecular formula is C18H24N4O. The van der Waals surface area contributed by atoms with Crippen LogP contribution in [0, 0.1) is 5.92 Å². The monoisotopic (exact) mass is 312 g/mol. The summed E-state index contributed by atoms with van der Waals surface area (Å²) in [5.74, 6) is 1.51. The molecule has 0 radical (unpaired) electrons. The maximum Gasteiger partial charge on any atom is 0.225 e. The lowest BCUT2D eigenvalue weighted by Gasteiger charge is -2.08. The van der Waals surface area contributed by atoms with E-state index in [9.17, 15) is 4.79 Å². The van der Waals surface area contributed by atoms with Gasteiger partial charge in [0.15, 0.2) is 5.82 Å². The highest BCUT2D eigenvalue weighted by Crippen LogP contribution is 2.09. The summed E-state index contributed by atoms with van der Waals surface area (Å²) in [7, 11) is 0. The summed E-state index contributed by atoms with van der Waals surface area (Å²) in [5.41, 5.74) is 1.34. The number of aryl methyl sites for hydroxylation is 1. The van der Waals surface area contributed by atoms with Crippen LogP contribution < -0.4 is 10.6 Å². The Morgan fingerprint density at radius 3 is 2.39 bits per heavy atom. The number of nitrogens with one attached hydrogen (secondary N) is 2. The molecule has 0 fully saturated rings. The number of nitrogens with zero attached hydrogens (tertiary/aromatic N) is 2. The Morgan fingerprint density at radius 1 is 1.04 bits per heavy atom. The van der Waals surface area contributed by atoms with Crippen LogP contribution in [-0.2, 0) is 11.2 Å². The Labute approximate surface area is 137 Å². The van der Waals surface area contributed by atoms with E-state index in [1.54, 1.807) is 6.07 Å². The second-order valence-electron chi connectivity index (χ2n) is 5.97. The first-order chi connectivity index (χ1) is 11.1. The minimum Gasteiger partial charge on any atom is -0.369 e. The lowest BCUT2D eigenvalue weighted by molar-refractivity contribution is -0.116. The first-order valence-corrected chi connectivity index (χ1v) is 8.05. The van der Waals surface area contributed by atoms with Gasteiger partial charge in [-0.2, -0.15) is 0 Å². The average molecular weight is 312 g/mol. The largest absolute Gasteiger partial charge is 0.369 e. The smallest absolute Gasteiger partial charge is 0.225 e. The van der Waals surface area contributed by atoms with Crippen LogP contribution in [0.15, 0.2) is 42.5 Å². The van der Waals surface area contributed by atoms with Gasteiger partial charge in [-0.3, -0.25) is 4.79 Å². The number of carbonyl (C=O) groups is 1. The van der Waals surface area contributed by atoms with E-state index in [1.807, 2.05) is 26.0 Å². The molecule has 0 spiro atoms. The van der Waals surface area contributed by atoms with Crippen molar-refractivity contribution < 1.29 is 4.79 Å². The van der Waals surface area contributed by atoms with Crippen molar-refractivity contribution in [3.8, 4) is 0 Å². The van der Waals surface area contributed by atoms with Gasteiger partial charge < -0.3 is 10.6 Å². The maximum atomic E-state index is 11.7. The normalized spacial score (nSPS) is 10.6. The third-order valence-corrected chi connectivity index (χ3v) is 3.32. The van der Waals surface area contributed by atoms with E-state index in [-0.39, 0.29) is 5.91 Å². The molecule has 0 unspecified atom stereocenters. The number of amides is 1. The number of anilines is 2. The second kappa shape index (κ2) is 8.88. The first kappa shape index (κ1) is 16.9. The van der Waals surface area contributed by atoms with Crippen molar-refractivity contribution in [2.45, 2.75) is 33.1 Å². The summed E-state index contributed by atoms with van der Waals surface area (Å²) >= 11 is 0. The van der Waals surface area contributed by atoms with E-state index in [0.29, 0.717) is 18.2 Å². The van der Waals surface area contributed by atoms with Crippen LogP contribution in [0.4, 0.5) is 11.6 Å². The van der Waals surface area contributed by atoms with Gasteiger partial charge in [-0.05, 0) is 36.5 Å². The molecular weight excluding hydrogens is 288 g/mol. The minimum atomic E-state index is -0.0297. The Bertz CT molecular complexity index is 596. The summed E-state index contributed by atoms with van der Waals surface area (Å²) < 4.78 is 0. The van der Waals surface area contributed by atoms with Crippen molar-refractivity contribution >= 4 is 17.5 Å². The van der Waals surface area contributed by atoms with Crippen molar-refractivity contribution in [2.75, 3.05) is 17.2 Å². The average Bonchev–Trinajstić information content (AvgIpc) is 2.53. The highest BCUT2D eigenvalue weighted by Gasteiger charge is 2.06. The molecule has 0 aliphatic rings. The van der Waals surface area contributed by atoms with Gasteiger partial charge in [0, 0.05) is 13.0 Å². The summed E-state index contributed by atoms with van der Waals surface area (Å²) in [6.07, 6.45) is 2.55. The number of carbonyl (C=O) groups excluding carboxylic acids is 1. The first-order valence-electron chi connectivity index (χ1n) is 8.05. The number of aromatic nitrogens is 2. The fraction of sp³-hybridized carbons (Fsp3) is 0.389. The molecule has 0 aliphatic carbocycles. The second-order valence-corrected chi connectivity index (χ2v) is 5.97. The molecule has 5 heteroatoms. The van der Waals surface area contributed by atoms with Crippen LogP contribution >= 0.6 is 0 Å². The highest BCUT2D eigenvalue weighted by atomic mass is 16.1. The lowest BCUT2D eigenvalue weighted by Crippen LogP contribution is -2.15. The summed E-state index contributed by atoms with van der Waals surface area (Å²) in [4.78, 5) is 11.7. The van der Waals surface area contributed by atoms with Crippen molar-refractivity contribution in [1.82, 2.24) is 10.2 Å². The van der Waals surface area contributed by atoms with Gasteiger partial charge >= 0.3 is 0 Å². The number of rotatable bonds is 8. The number of benzene rings is 1. The molecule has 1 heterocycles. The fourth-order valence-electron chi connectivity index (χ4n) is 2.21. The fourth-order valence-corrected chi connectivity index (χ4v) is 2.21. The molecule has 0 bridgehead atoms. The van der Waals surface area contributed by atoms with Crippen LogP contribution in [0.1, 0.15) is 32.3 Å². The molecule has 0 saturated heterocycles. The van der Waals surface area contributed by atoms with E-state index in [2.05, 4.69) is 45.1 Å². The zero-order chi connectivity index (χ0) is 16.5. The molecule has 0 atom stereocenters. The van der Waals surface area contributed by atoms with E-state index in [4.69, 9.17) is 0 Å². The molecule has 2 rings (SSSR count). The van der Waals surface area contributed by atoms with Crippen LogP contribution in [0.5, 0.6) is 0 Å². The molecule has 2 aromatic rings. The molecule has 23 heavy (non-hydrogen) atoms. The highest BCUT2D eigenvalue weighted by molar-refractivity contribution is 5.89. The molecule has 5 nitrogen and oxygen atoms in total. The minimum absolute atomic E-state index is 0.0297. The van der Waals surface area contributed by atoms with Crippen molar-refractivity contribution in [3.05, 3.63) is 48.0 Å². The summed E-state index contributed by atoms with van der Waals surface area (Å²) in [6.45, 7) is 4.85. The van der Waals surface area contributed by atoms with Gasteiger partial charge in [0.1, 0.15) is 5.82 Å². The molecule has 0 saturated carbocycles. The maximum absolute atomic E-state index is 11.7. The van der Waals surface area contributed by atoms with Crippen LogP contribution in [0.3, 0.4) is 0 Å². The standard InChI is InChI=1S/C18H24N4O/c1-14(2)13-18(23)20-17-11-10-16(21-22-17)19-12-6-9-15-7-4-3-5-8-15/h3-5,7-8,10-11,14H,6,9,12-13H2,1-2H3,(H,19,21)(H,20,22,23). The van der Waals surface area contributed by atoms with E-state index in [0.717, 1.165) is 25.2 Å². The number of hydrogen-bond donors (Lipinski definition) is 2. The van der Waals surface area contributed by atoms with Gasteiger partial charge in [-0.15, -0.1) is 10.2 Å². The predicted molar refractivity (Wildman–Crippen MR) is 93.4 cm³/mol. The van der Waals surface area contributed by atoms with Gasteiger partial charge in [0.25, 0.3) is 0 Å². The third-order valence-electron chi connectivity index (χ3n) is 3.32. The van der Waals surface area contributed by atoms with Crippen molar-refractivity contribution in [3.63, 3.8) is 0 Å². The van der Waals surface area contributed by atoms with Crippen LogP contribution in [0.25, 0.3) is 0 Å². The van der Waals surface area contributed by atoms with Crippen molar-refractivity contribution in [1.29, 1.82) is 0 Å². The van der Waals surface area contributed by atoms with Gasteiger partial charge in [-0.1, -0.05) is 44.2 Å². The summed E-state index contributed by atoms with van der Waals surface area (Å²) in [5, 5.41) is 14.1. The molecule has 1 amide bonds. The molecule has 1 aromatic heterocycles. The van der Waals surface area contributed by atoms with E-state index >= 15 is 0 Å². The van der Waals surface area contributed by atoms with Gasteiger partial charge in [0.2, 0.25) is 5.91 Å². The number of hydrogen-bond acceptors (Lipinski definition) is 4. The summed E-state index contributed by atoms with van der Waals surface area (Å²) in [6, 6.07) is 14.0. The Balaban J connectivity index is 1.71. The molecule has 2 N–H and O–H groups in total. The van der Waals surface area contributed by atoms with Crippen LogP contribution in [0.2, 0.25) is 0 Å². The SMILES string of the molecule is CC(C)CC(=O)Nc1ccc(NCCCc2ccccc2)nn1. The quantitative estimate of drug-likeness (QED) is 0.732. The van der Waals surface area contributed by atoms with E-state index < -0.39 is 0 Å². The third kappa shape index (κ3) is 6.46. The van der Waals surface area contributed by atoms with E-state index in [1.165, 1.54) is 5.56 Å². The zero-order valence-electron chi connectivity index (χ0n) is 13.7. The Hall–Kier alpha value is -2.43. The van der Waals surface area contributed by atoms with Gasteiger partial charge in [-0.25, -0.2) is 0 Å². The van der Waals surface area contributed by atoms with Gasteiger partial charge in [0.05, 0.1) is 0 Å². The van der Waals surface area contributed by atoms with Crippen LogP contribution in [-0.4, -0.2) is 22.6 Å². The zero-order valence-corrected chi connectivity index (χ0v) is 13.7. The Kier molecular flexibility index (Phi) is 6.54. The topological polar surface area (TPSA) is 66.9 Å². The molecule has 0 aliphatic heterocycles. The lowest BCUT2D eigenvalue weighted by atomic mass is 10.1.